The molecule has 0 unspecified atom stereocenters. The van der Waals surface area contributed by atoms with Gasteiger partial charge in [0.05, 0.1) is 0 Å². The molecule has 0 spiro atoms. The quantitative estimate of drug-likeness (QED) is 0.335. The molecule has 0 nitrogen and oxygen atoms in total. The summed E-state index contributed by atoms with van der Waals surface area (Å²) >= 11 is 1.91. The fourth-order valence-corrected chi connectivity index (χ4v) is 4.60. The van der Waals surface area contributed by atoms with Gasteiger partial charge in [-0.05, 0) is 44.8 Å². The Labute approximate surface area is 133 Å². The molecule has 0 fully saturated rings. The molecule has 0 amide bonds. The molecular weight excluding hydrogens is 284 g/mol. The first-order valence-electron chi connectivity index (χ1n) is 7.59. The minimum atomic E-state index is 1.03. The molecule has 0 aromatic heterocycles. The highest BCUT2D eigenvalue weighted by molar-refractivity contribution is 7.99. The van der Waals surface area contributed by atoms with Crippen molar-refractivity contribution in [3.8, 4) is 0 Å². The van der Waals surface area contributed by atoms with Crippen molar-refractivity contribution in [2.45, 2.75) is 16.2 Å². The van der Waals surface area contributed by atoms with E-state index in [1.165, 1.54) is 42.5 Å². The predicted octanol–water partition coefficient (Wildman–Crippen LogP) is 6.05. The number of fused-ring (bicyclic) bond motifs is 6. The van der Waals surface area contributed by atoms with E-state index >= 15 is 0 Å². The van der Waals surface area contributed by atoms with Gasteiger partial charge in [0.25, 0.3) is 0 Å². The van der Waals surface area contributed by atoms with E-state index in [1.54, 1.807) is 0 Å². The van der Waals surface area contributed by atoms with Crippen LogP contribution in [0.3, 0.4) is 0 Å². The second kappa shape index (κ2) is 4.62. The highest BCUT2D eigenvalue weighted by Gasteiger charge is 2.19. The SMILES string of the molecule is c1ccc2c3c(ccc2c1)Sc1ccc2ccccc2c1C3. The van der Waals surface area contributed by atoms with Crippen LogP contribution in [0.15, 0.2) is 82.6 Å². The van der Waals surface area contributed by atoms with E-state index in [4.69, 9.17) is 0 Å². The van der Waals surface area contributed by atoms with Crippen molar-refractivity contribution in [3.05, 3.63) is 83.9 Å². The van der Waals surface area contributed by atoms with Crippen LogP contribution >= 0.6 is 11.8 Å². The summed E-state index contributed by atoms with van der Waals surface area (Å²) in [7, 11) is 0. The summed E-state index contributed by atoms with van der Waals surface area (Å²) < 4.78 is 0. The Morgan fingerprint density at radius 1 is 0.545 bits per heavy atom. The summed E-state index contributed by atoms with van der Waals surface area (Å²) in [6, 6.07) is 26.5. The minimum Gasteiger partial charge on any atom is -0.0895 e. The third kappa shape index (κ3) is 1.72. The van der Waals surface area contributed by atoms with Crippen molar-refractivity contribution >= 4 is 33.3 Å². The van der Waals surface area contributed by atoms with Crippen molar-refractivity contribution in [1.29, 1.82) is 0 Å². The fraction of sp³-hybridized carbons (Fsp3) is 0.0476. The summed E-state index contributed by atoms with van der Waals surface area (Å²) in [5.74, 6) is 0. The first-order chi connectivity index (χ1) is 10.9. The van der Waals surface area contributed by atoms with Gasteiger partial charge in [0, 0.05) is 16.2 Å². The molecule has 0 N–H and O–H groups in total. The molecule has 22 heavy (non-hydrogen) atoms. The van der Waals surface area contributed by atoms with Crippen LogP contribution in [0, 0.1) is 0 Å². The highest BCUT2D eigenvalue weighted by Crippen LogP contribution is 2.44. The van der Waals surface area contributed by atoms with E-state index in [1.807, 2.05) is 11.8 Å². The lowest BCUT2D eigenvalue weighted by molar-refractivity contribution is 1.09. The van der Waals surface area contributed by atoms with Gasteiger partial charge in [0.15, 0.2) is 0 Å². The van der Waals surface area contributed by atoms with Gasteiger partial charge >= 0.3 is 0 Å². The first kappa shape index (κ1) is 12.3. The van der Waals surface area contributed by atoms with Crippen molar-refractivity contribution in [1.82, 2.24) is 0 Å². The Bertz CT molecular complexity index is 947. The first-order valence-corrected chi connectivity index (χ1v) is 8.41. The molecule has 0 saturated heterocycles. The molecule has 1 aliphatic heterocycles. The van der Waals surface area contributed by atoms with Crippen molar-refractivity contribution in [2.24, 2.45) is 0 Å². The van der Waals surface area contributed by atoms with Crippen LogP contribution in [0.25, 0.3) is 21.5 Å². The largest absolute Gasteiger partial charge is 0.0895 e. The molecular formula is C21H14S. The topological polar surface area (TPSA) is 0 Å². The number of rotatable bonds is 0. The lowest BCUT2D eigenvalue weighted by Gasteiger charge is -2.22. The average molecular weight is 298 g/mol. The van der Waals surface area contributed by atoms with Gasteiger partial charge in [-0.25, -0.2) is 0 Å². The maximum absolute atomic E-state index is 2.28. The van der Waals surface area contributed by atoms with Gasteiger partial charge < -0.3 is 0 Å². The summed E-state index contributed by atoms with van der Waals surface area (Å²) in [5, 5.41) is 5.47. The van der Waals surface area contributed by atoms with E-state index in [-0.39, 0.29) is 0 Å². The molecule has 0 saturated carbocycles. The molecule has 1 aliphatic rings. The van der Waals surface area contributed by atoms with Crippen LogP contribution < -0.4 is 0 Å². The smallest absolute Gasteiger partial charge is 0.0164 e. The zero-order chi connectivity index (χ0) is 14.5. The zero-order valence-electron chi connectivity index (χ0n) is 12.0. The average Bonchev–Trinajstić information content (AvgIpc) is 2.60. The molecule has 0 atom stereocenters. The molecule has 5 rings (SSSR count). The molecule has 1 heteroatoms. The van der Waals surface area contributed by atoms with E-state index in [0.29, 0.717) is 0 Å². The maximum Gasteiger partial charge on any atom is 0.0164 e. The number of benzene rings is 4. The monoisotopic (exact) mass is 298 g/mol. The van der Waals surface area contributed by atoms with Crippen LogP contribution in [0.1, 0.15) is 11.1 Å². The second-order valence-corrected chi connectivity index (χ2v) is 6.89. The van der Waals surface area contributed by atoms with E-state index < -0.39 is 0 Å². The van der Waals surface area contributed by atoms with Crippen LogP contribution in [0.4, 0.5) is 0 Å². The molecule has 4 aromatic carbocycles. The Kier molecular flexibility index (Phi) is 2.59. The Morgan fingerprint density at radius 2 is 1.05 bits per heavy atom. The minimum absolute atomic E-state index is 1.03. The summed E-state index contributed by atoms with van der Waals surface area (Å²) in [6.07, 6.45) is 1.03. The third-order valence-electron chi connectivity index (χ3n) is 4.57. The van der Waals surface area contributed by atoms with Crippen LogP contribution in [-0.2, 0) is 6.42 Å². The molecule has 1 heterocycles. The standard InChI is InChI=1S/C21H14S/c1-3-7-16-14(5-1)9-11-20-18(16)13-19-17-8-4-2-6-15(17)10-12-21(19)22-20/h1-12H,13H2. The number of hydrogen-bond donors (Lipinski definition) is 0. The van der Waals surface area contributed by atoms with Crippen LogP contribution in [-0.4, -0.2) is 0 Å². The van der Waals surface area contributed by atoms with Gasteiger partial charge in [-0.15, -0.1) is 0 Å². The molecule has 0 bridgehead atoms. The van der Waals surface area contributed by atoms with E-state index in [9.17, 15) is 0 Å². The van der Waals surface area contributed by atoms with E-state index in [2.05, 4.69) is 72.8 Å². The second-order valence-electron chi connectivity index (χ2n) is 5.81. The predicted molar refractivity (Wildman–Crippen MR) is 94.8 cm³/mol. The van der Waals surface area contributed by atoms with Crippen molar-refractivity contribution in [3.63, 3.8) is 0 Å². The summed E-state index contributed by atoms with van der Waals surface area (Å²) in [6.45, 7) is 0. The summed E-state index contributed by atoms with van der Waals surface area (Å²) in [4.78, 5) is 2.81. The Hall–Kier alpha value is -2.25. The van der Waals surface area contributed by atoms with Crippen LogP contribution in [0.5, 0.6) is 0 Å². The molecule has 104 valence electrons. The zero-order valence-corrected chi connectivity index (χ0v) is 12.9. The van der Waals surface area contributed by atoms with E-state index in [0.717, 1.165) is 6.42 Å². The maximum atomic E-state index is 2.28. The number of hydrogen-bond acceptors (Lipinski definition) is 1. The lowest BCUT2D eigenvalue weighted by Crippen LogP contribution is -2.01. The Morgan fingerprint density at radius 3 is 1.59 bits per heavy atom. The lowest BCUT2D eigenvalue weighted by atomic mass is 9.94. The molecule has 0 aliphatic carbocycles. The highest BCUT2D eigenvalue weighted by atomic mass is 32.2. The molecule has 4 aromatic rings. The Balaban J connectivity index is 1.80. The van der Waals surface area contributed by atoms with Gasteiger partial charge in [-0.2, -0.15) is 0 Å². The van der Waals surface area contributed by atoms with Crippen molar-refractivity contribution in [2.75, 3.05) is 0 Å². The van der Waals surface area contributed by atoms with Gasteiger partial charge in [-0.1, -0.05) is 72.4 Å². The molecule has 0 radical (unpaired) electrons. The van der Waals surface area contributed by atoms with Gasteiger partial charge in [-0.3, -0.25) is 0 Å². The van der Waals surface area contributed by atoms with Gasteiger partial charge in [0.2, 0.25) is 0 Å². The third-order valence-corrected chi connectivity index (χ3v) is 5.77. The van der Waals surface area contributed by atoms with Crippen LogP contribution in [0.2, 0.25) is 0 Å². The fourth-order valence-electron chi connectivity index (χ4n) is 3.48. The normalized spacial score (nSPS) is 13.1. The van der Waals surface area contributed by atoms with Crippen molar-refractivity contribution < 1.29 is 0 Å². The van der Waals surface area contributed by atoms with Gasteiger partial charge in [0.1, 0.15) is 0 Å². The summed E-state index contributed by atoms with van der Waals surface area (Å²) in [5.41, 5.74) is 2.96.